The molecule has 0 aliphatic rings. The highest BCUT2D eigenvalue weighted by Crippen LogP contribution is 2.19. The van der Waals surface area contributed by atoms with Crippen molar-refractivity contribution < 1.29 is 14.3 Å². The van der Waals surface area contributed by atoms with Gasteiger partial charge in [0.2, 0.25) is 5.91 Å². The number of hydrogen-bond acceptors (Lipinski definition) is 6. The molecule has 0 aliphatic heterocycles. The summed E-state index contributed by atoms with van der Waals surface area (Å²) < 4.78 is 12.7. The third-order valence-electron chi connectivity index (χ3n) is 4.25. The summed E-state index contributed by atoms with van der Waals surface area (Å²) in [6.45, 7) is 0.300. The highest BCUT2D eigenvalue weighted by molar-refractivity contribution is 7.98. The van der Waals surface area contributed by atoms with Crippen molar-refractivity contribution in [1.82, 2.24) is 19.9 Å². The van der Waals surface area contributed by atoms with Gasteiger partial charge in [-0.25, -0.2) is 0 Å². The predicted octanol–water partition coefficient (Wildman–Crippen LogP) is 3.12. The Balaban J connectivity index is 1.58. The number of carbonyl (C=O) groups is 1. The highest BCUT2D eigenvalue weighted by Gasteiger charge is 2.20. The van der Waals surface area contributed by atoms with Crippen LogP contribution in [0.3, 0.4) is 0 Å². The predicted molar refractivity (Wildman–Crippen MR) is 110 cm³/mol. The molecule has 0 radical (unpaired) electrons. The molecule has 1 aromatic carbocycles. The van der Waals surface area contributed by atoms with Gasteiger partial charge in [0, 0.05) is 6.20 Å². The molecule has 1 amide bonds. The van der Waals surface area contributed by atoms with E-state index in [1.807, 2.05) is 59.3 Å². The number of aromatic nitrogens is 3. The normalized spacial score (nSPS) is 11.9. The van der Waals surface area contributed by atoms with Crippen molar-refractivity contribution in [2.75, 3.05) is 25.7 Å². The largest absolute Gasteiger partial charge is 0.497 e. The van der Waals surface area contributed by atoms with Crippen LogP contribution in [-0.2, 0) is 4.79 Å². The van der Waals surface area contributed by atoms with Gasteiger partial charge in [-0.1, -0.05) is 6.07 Å². The van der Waals surface area contributed by atoms with Crippen LogP contribution in [0.5, 0.6) is 11.5 Å². The molecule has 0 saturated carbocycles. The van der Waals surface area contributed by atoms with Crippen LogP contribution in [-0.4, -0.2) is 46.2 Å². The lowest BCUT2D eigenvalue weighted by atomic mass is 10.2. The molecule has 0 aliphatic carbocycles. The number of nitrogens with zero attached hydrogens (tertiary/aromatic N) is 3. The first-order chi connectivity index (χ1) is 13.7. The Morgan fingerprint density at radius 2 is 1.96 bits per heavy atom. The van der Waals surface area contributed by atoms with E-state index in [4.69, 9.17) is 9.47 Å². The zero-order chi connectivity index (χ0) is 19.8. The number of methoxy groups -OCH3 is 1. The quantitative estimate of drug-likeness (QED) is 0.563. The molecule has 0 bridgehead atoms. The number of nitrogens with one attached hydrogen (secondary N) is 1. The monoisotopic (exact) mass is 400 g/mol. The molecular formula is C20H24N4O3S. The first-order valence-electron chi connectivity index (χ1n) is 9.06. The third kappa shape index (κ3) is 5.16. The third-order valence-corrected chi connectivity index (χ3v) is 4.90. The number of amides is 1. The molecule has 148 valence electrons. The minimum atomic E-state index is -0.196. The summed E-state index contributed by atoms with van der Waals surface area (Å²) in [5.41, 5.74) is 0.767. The van der Waals surface area contributed by atoms with Crippen LogP contribution in [0.25, 0.3) is 5.65 Å². The minimum Gasteiger partial charge on any atom is -0.497 e. The Hall–Kier alpha value is -2.74. The van der Waals surface area contributed by atoms with Gasteiger partial charge >= 0.3 is 0 Å². The number of carbonyl (C=O) groups excluding carboxylic acids is 1. The van der Waals surface area contributed by atoms with E-state index in [9.17, 15) is 4.79 Å². The highest BCUT2D eigenvalue weighted by atomic mass is 32.2. The average Bonchev–Trinajstić information content (AvgIpc) is 3.16. The molecule has 2 aromatic heterocycles. The first-order valence-corrected chi connectivity index (χ1v) is 10.5. The Morgan fingerprint density at radius 1 is 1.18 bits per heavy atom. The number of hydrogen-bond donors (Lipinski definition) is 1. The van der Waals surface area contributed by atoms with E-state index in [1.54, 1.807) is 18.9 Å². The Morgan fingerprint density at radius 3 is 2.71 bits per heavy atom. The molecule has 0 unspecified atom stereocenters. The second-order valence-electron chi connectivity index (χ2n) is 6.16. The number of thioether (sulfide) groups is 1. The zero-order valence-electron chi connectivity index (χ0n) is 16.0. The molecule has 1 N–H and O–H groups in total. The van der Waals surface area contributed by atoms with Crippen molar-refractivity contribution in [1.29, 1.82) is 0 Å². The van der Waals surface area contributed by atoms with Crippen molar-refractivity contribution in [3.63, 3.8) is 0 Å². The number of rotatable bonds is 10. The smallest absolute Gasteiger partial charge is 0.224 e. The SMILES string of the molecule is COc1ccc(OCCC(=O)N[C@@H](CCSC)c2nnc3ccccn23)cc1. The standard InChI is InChI=1S/C20H24N4O3S/c1-26-15-6-8-16(9-7-15)27-13-10-19(25)21-17(11-14-28-2)20-23-22-18-5-3-4-12-24(18)20/h3-9,12,17H,10-11,13-14H2,1-2H3,(H,21,25)/t17-/m0/s1. The van der Waals surface area contributed by atoms with E-state index < -0.39 is 0 Å². The van der Waals surface area contributed by atoms with Crippen molar-refractivity contribution in [2.24, 2.45) is 0 Å². The van der Waals surface area contributed by atoms with Crippen molar-refractivity contribution >= 4 is 23.3 Å². The summed E-state index contributed by atoms with van der Waals surface area (Å²) in [6.07, 6.45) is 5.00. The molecule has 0 spiro atoms. The zero-order valence-corrected chi connectivity index (χ0v) is 16.8. The number of ether oxygens (including phenoxy) is 2. The van der Waals surface area contributed by atoms with Gasteiger partial charge in [-0.2, -0.15) is 11.8 Å². The number of pyridine rings is 1. The lowest BCUT2D eigenvalue weighted by molar-refractivity contribution is -0.122. The fraction of sp³-hybridized carbons (Fsp3) is 0.350. The molecule has 2 heterocycles. The summed E-state index contributed by atoms with van der Waals surface area (Å²) in [6, 6.07) is 12.8. The van der Waals surface area contributed by atoms with Crippen LogP contribution in [0.4, 0.5) is 0 Å². The molecular weight excluding hydrogens is 376 g/mol. The fourth-order valence-electron chi connectivity index (χ4n) is 2.80. The van der Waals surface area contributed by atoms with Crippen LogP contribution in [0.2, 0.25) is 0 Å². The first kappa shape index (κ1) is 20.0. The van der Waals surface area contributed by atoms with Crippen LogP contribution in [0, 0.1) is 0 Å². The summed E-state index contributed by atoms with van der Waals surface area (Å²) in [4.78, 5) is 12.5. The van der Waals surface area contributed by atoms with Gasteiger partial charge in [-0.3, -0.25) is 9.20 Å². The minimum absolute atomic E-state index is 0.0766. The van der Waals surface area contributed by atoms with Crippen molar-refractivity contribution in [2.45, 2.75) is 18.9 Å². The maximum atomic E-state index is 12.5. The van der Waals surface area contributed by atoms with Crippen LogP contribution >= 0.6 is 11.8 Å². The number of benzene rings is 1. The van der Waals surface area contributed by atoms with Crippen molar-refractivity contribution in [3.05, 3.63) is 54.5 Å². The molecule has 28 heavy (non-hydrogen) atoms. The Bertz CT molecular complexity index is 898. The second-order valence-corrected chi connectivity index (χ2v) is 7.15. The van der Waals surface area contributed by atoms with Gasteiger partial charge in [0.15, 0.2) is 11.5 Å². The summed E-state index contributed by atoms with van der Waals surface area (Å²) >= 11 is 1.73. The summed E-state index contributed by atoms with van der Waals surface area (Å²) in [5.74, 6) is 3.05. The fourth-order valence-corrected chi connectivity index (χ4v) is 3.27. The van der Waals surface area contributed by atoms with Gasteiger partial charge < -0.3 is 14.8 Å². The van der Waals surface area contributed by atoms with Crippen molar-refractivity contribution in [3.8, 4) is 11.5 Å². The maximum absolute atomic E-state index is 12.5. The van der Waals surface area contributed by atoms with E-state index in [0.717, 1.165) is 29.4 Å². The maximum Gasteiger partial charge on any atom is 0.224 e. The molecule has 8 heteroatoms. The molecule has 3 rings (SSSR count). The van der Waals surface area contributed by atoms with E-state index >= 15 is 0 Å². The topological polar surface area (TPSA) is 77.8 Å². The molecule has 0 fully saturated rings. The lowest BCUT2D eigenvalue weighted by Crippen LogP contribution is -2.31. The molecule has 1 atom stereocenters. The molecule has 7 nitrogen and oxygen atoms in total. The van der Waals surface area contributed by atoms with Crippen LogP contribution in [0.1, 0.15) is 24.7 Å². The van der Waals surface area contributed by atoms with Gasteiger partial charge in [0.05, 0.1) is 26.2 Å². The van der Waals surface area contributed by atoms with Gasteiger partial charge in [0.1, 0.15) is 11.5 Å². The summed E-state index contributed by atoms with van der Waals surface area (Å²) in [7, 11) is 1.62. The molecule has 3 aromatic rings. The van der Waals surface area contributed by atoms with E-state index in [-0.39, 0.29) is 18.4 Å². The van der Waals surface area contributed by atoms with E-state index in [1.165, 1.54) is 0 Å². The van der Waals surface area contributed by atoms with Crippen LogP contribution < -0.4 is 14.8 Å². The van der Waals surface area contributed by atoms with Crippen LogP contribution in [0.15, 0.2) is 48.7 Å². The number of fused-ring (bicyclic) bond motifs is 1. The van der Waals surface area contributed by atoms with Gasteiger partial charge in [-0.15, -0.1) is 10.2 Å². The molecule has 0 saturated heterocycles. The van der Waals surface area contributed by atoms with Gasteiger partial charge in [0.25, 0.3) is 0 Å². The Kier molecular flexibility index (Phi) is 7.13. The second kappa shape index (κ2) is 9.98. The lowest BCUT2D eigenvalue weighted by Gasteiger charge is -2.17. The Labute approximate surface area is 168 Å². The van der Waals surface area contributed by atoms with Gasteiger partial charge in [-0.05, 0) is 54.8 Å². The van der Waals surface area contributed by atoms with E-state index in [0.29, 0.717) is 12.4 Å². The summed E-state index contributed by atoms with van der Waals surface area (Å²) in [5, 5.41) is 11.6. The average molecular weight is 401 g/mol. The van der Waals surface area contributed by atoms with E-state index in [2.05, 4.69) is 15.5 Å².